The van der Waals surface area contributed by atoms with Crippen LogP contribution in [0.5, 0.6) is 0 Å². The van der Waals surface area contributed by atoms with Crippen LogP contribution in [0.4, 0.5) is 5.13 Å². The molecule has 0 saturated heterocycles. The molecule has 0 radical (unpaired) electrons. The summed E-state index contributed by atoms with van der Waals surface area (Å²) in [6, 6.07) is 0. The van der Waals surface area contributed by atoms with E-state index in [1.807, 2.05) is 6.26 Å². The van der Waals surface area contributed by atoms with Crippen molar-refractivity contribution in [3.8, 4) is 0 Å². The molecule has 10 heteroatoms. The summed E-state index contributed by atoms with van der Waals surface area (Å²) in [6.07, 6.45) is 2.27. The number of carbonyl (C=O) groups is 1. The molecular weight excluding hydrogens is 287 g/mol. The Labute approximate surface area is 133 Å². The zero-order valence-electron chi connectivity index (χ0n) is 9.91. The number of carbonyl (C=O) groups excluding carboxylic acids is 1. The normalized spacial score (nSPS) is 16.8. The zero-order chi connectivity index (χ0) is 12.4. The van der Waals surface area contributed by atoms with E-state index in [0.29, 0.717) is 15.7 Å². The molecule has 0 spiro atoms. The molecule has 1 aliphatic heterocycles. The molecule has 7 nitrogen and oxygen atoms in total. The maximum Gasteiger partial charge on any atom is 1.00 e. The average molecular weight is 294 g/mol. The van der Waals surface area contributed by atoms with E-state index in [1.54, 1.807) is 0 Å². The monoisotopic (exact) mass is 294 g/mol. The Morgan fingerprint density at radius 2 is 2.22 bits per heavy atom. The van der Waals surface area contributed by atoms with Crippen molar-refractivity contribution in [3.05, 3.63) is 11.8 Å². The Hall–Kier alpha value is -0.610. The zero-order valence-corrected chi connectivity index (χ0v) is 13.5. The van der Waals surface area contributed by atoms with Gasteiger partial charge in [-0.2, -0.15) is 5.01 Å². The molecule has 0 aromatic carbocycles. The fourth-order valence-electron chi connectivity index (χ4n) is 1.15. The van der Waals surface area contributed by atoms with Gasteiger partial charge in [-0.15, -0.1) is 21.6 Å². The smallest absolute Gasteiger partial charge is 0.877 e. The van der Waals surface area contributed by atoms with Crippen LogP contribution in [0.1, 0.15) is 0 Å². The third kappa shape index (κ3) is 2.69. The van der Waals surface area contributed by atoms with E-state index in [0.717, 1.165) is 5.01 Å². The Morgan fingerprint density at radius 3 is 2.67 bits per heavy atom. The number of anilines is 1. The minimum absolute atomic E-state index is 0. The summed E-state index contributed by atoms with van der Waals surface area (Å²) in [5.74, 6) is -0.563. The molecule has 2 heterocycles. The first kappa shape index (κ1) is 15.4. The summed E-state index contributed by atoms with van der Waals surface area (Å²) in [7, 11) is 1.34. The molecule has 2 rings (SSSR count). The van der Waals surface area contributed by atoms with Crippen LogP contribution in [0.15, 0.2) is 21.3 Å². The predicted octanol–water partition coefficient (Wildman–Crippen LogP) is -3.19. The molecule has 18 heavy (non-hydrogen) atoms. The van der Waals surface area contributed by atoms with Crippen LogP contribution in [0.3, 0.4) is 0 Å². The van der Waals surface area contributed by atoms with Crippen molar-refractivity contribution < 1.29 is 44.2 Å². The van der Waals surface area contributed by atoms with E-state index in [-0.39, 0.29) is 41.0 Å². The number of amides is 1. The van der Waals surface area contributed by atoms with Gasteiger partial charge in [0.05, 0.1) is 12.7 Å². The number of hydrazone groups is 1. The molecular formula is C8H7N4NaO3S2. The number of hydrogen-bond acceptors (Lipinski definition) is 8. The minimum atomic E-state index is -0.555. The van der Waals surface area contributed by atoms with E-state index in [9.17, 15) is 9.90 Å². The first-order valence-electron chi connectivity index (χ1n) is 4.38. The third-order valence-corrected chi connectivity index (χ3v) is 3.78. The second-order valence-electron chi connectivity index (χ2n) is 2.81. The van der Waals surface area contributed by atoms with Gasteiger partial charge in [-0.25, -0.2) is 0 Å². The third-order valence-electron chi connectivity index (χ3n) is 1.91. The number of methoxy groups -OCH3 is 1. The number of ether oxygens (including phenoxy) is 1. The van der Waals surface area contributed by atoms with E-state index in [1.165, 1.54) is 30.2 Å². The first-order chi connectivity index (χ1) is 8.21. The quantitative estimate of drug-likeness (QED) is 0.188. The minimum Gasteiger partial charge on any atom is -0.877 e. The van der Waals surface area contributed by atoms with Crippen LogP contribution >= 0.6 is 23.1 Å². The van der Waals surface area contributed by atoms with Gasteiger partial charge in [-0.3, -0.25) is 4.79 Å². The number of rotatable bonds is 2. The molecule has 0 fully saturated rings. The second-order valence-corrected chi connectivity index (χ2v) is 4.82. The fraction of sp³-hybridized carbons (Fsp3) is 0.250. The summed E-state index contributed by atoms with van der Waals surface area (Å²) in [6.45, 7) is 0. The van der Waals surface area contributed by atoms with Crippen LogP contribution in [-0.2, 0) is 9.53 Å². The molecule has 90 valence electrons. The van der Waals surface area contributed by atoms with E-state index in [4.69, 9.17) is 4.74 Å². The fourth-order valence-corrected chi connectivity index (χ4v) is 2.36. The van der Waals surface area contributed by atoms with Gasteiger partial charge in [-0.05, 0) is 6.26 Å². The molecule has 1 aliphatic rings. The number of hydrogen-bond donors (Lipinski definition) is 0. The number of nitrogens with zero attached hydrogens (tertiary/aromatic N) is 4. The van der Waals surface area contributed by atoms with Gasteiger partial charge in [0.15, 0.2) is 4.34 Å². The van der Waals surface area contributed by atoms with Crippen molar-refractivity contribution in [2.24, 2.45) is 5.10 Å². The van der Waals surface area contributed by atoms with E-state index >= 15 is 0 Å². The van der Waals surface area contributed by atoms with Crippen molar-refractivity contribution >= 4 is 40.0 Å². The first-order valence-corrected chi connectivity index (χ1v) is 6.42. The molecule has 0 N–H and O–H groups in total. The molecule has 1 amide bonds. The summed E-state index contributed by atoms with van der Waals surface area (Å²) < 4.78 is 5.55. The summed E-state index contributed by atoms with van der Waals surface area (Å²) in [5, 5.41) is 23.6. The summed E-state index contributed by atoms with van der Waals surface area (Å²) >= 11 is 2.63. The molecule has 0 aliphatic carbocycles. The Kier molecular flexibility index (Phi) is 5.60. The van der Waals surface area contributed by atoms with Crippen LogP contribution in [0.25, 0.3) is 0 Å². The van der Waals surface area contributed by atoms with Gasteiger partial charge in [0, 0.05) is 0 Å². The van der Waals surface area contributed by atoms with Crippen molar-refractivity contribution in [2.45, 2.75) is 4.34 Å². The Bertz CT molecular complexity index is 516. The van der Waals surface area contributed by atoms with Gasteiger partial charge in [-0.1, -0.05) is 23.1 Å². The topological polar surface area (TPSA) is 90.7 Å². The van der Waals surface area contributed by atoms with E-state index < -0.39 is 5.91 Å². The Balaban J connectivity index is 0.00000162. The van der Waals surface area contributed by atoms with Crippen molar-refractivity contribution in [2.75, 3.05) is 18.4 Å². The van der Waals surface area contributed by atoms with Gasteiger partial charge >= 0.3 is 29.6 Å². The predicted molar refractivity (Wildman–Crippen MR) is 61.7 cm³/mol. The Morgan fingerprint density at radius 1 is 1.50 bits per heavy atom. The van der Waals surface area contributed by atoms with Crippen LogP contribution in [0.2, 0.25) is 0 Å². The van der Waals surface area contributed by atoms with Crippen LogP contribution < -0.4 is 39.7 Å². The molecule has 0 bridgehead atoms. The summed E-state index contributed by atoms with van der Waals surface area (Å²) in [4.78, 5) is 11.8. The van der Waals surface area contributed by atoms with Gasteiger partial charge in [0.2, 0.25) is 11.0 Å². The summed E-state index contributed by atoms with van der Waals surface area (Å²) in [5.41, 5.74) is -0.117. The number of aromatic nitrogens is 2. The maximum atomic E-state index is 11.8. The molecule has 1 aromatic rings. The molecule has 0 unspecified atom stereocenters. The van der Waals surface area contributed by atoms with Crippen molar-refractivity contribution in [3.63, 3.8) is 0 Å². The van der Waals surface area contributed by atoms with E-state index in [2.05, 4.69) is 15.3 Å². The van der Waals surface area contributed by atoms with Crippen molar-refractivity contribution in [1.29, 1.82) is 0 Å². The molecule has 1 aromatic heterocycles. The SMILES string of the molecule is COC1=NN(c2nnc(SC)s2)C(=O)/C1=C/[O-].[Na+]. The maximum absolute atomic E-state index is 11.8. The van der Waals surface area contributed by atoms with Crippen LogP contribution in [-0.4, -0.2) is 35.4 Å². The van der Waals surface area contributed by atoms with Gasteiger partial charge < -0.3 is 9.84 Å². The molecule has 0 atom stereocenters. The average Bonchev–Trinajstić information content (AvgIpc) is 2.92. The molecule has 0 saturated carbocycles. The van der Waals surface area contributed by atoms with Gasteiger partial charge in [0.1, 0.15) is 0 Å². The largest absolute Gasteiger partial charge is 1.00 e. The standard InChI is InChI=1S/C8H8N4O3S2.Na/c1-15-5-4(3-13)6(14)12(11-5)7-9-10-8(16-2)17-7;/h3,13H,1-2H3;/q;+1/p-1/b4-3+;. The van der Waals surface area contributed by atoms with Gasteiger partial charge in [0.25, 0.3) is 5.91 Å². The second kappa shape index (κ2) is 6.53. The van der Waals surface area contributed by atoms with Crippen molar-refractivity contribution in [1.82, 2.24) is 10.2 Å². The number of thioether (sulfide) groups is 1. The van der Waals surface area contributed by atoms with Crippen LogP contribution in [0, 0.1) is 0 Å².